The third kappa shape index (κ3) is 9.81. The summed E-state index contributed by atoms with van der Waals surface area (Å²) in [7, 11) is 0. The van der Waals surface area contributed by atoms with E-state index in [0.717, 1.165) is 16.7 Å². The second kappa shape index (κ2) is 12.9. The van der Waals surface area contributed by atoms with E-state index >= 15 is 0 Å². The monoisotopic (exact) mass is 504 g/mol. The van der Waals surface area contributed by atoms with Crippen LogP contribution in [0.4, 0.5) is 0 Å². The number of hydrazone groups is 1. The Kier molecular flexibility index (Phi) is 10.3. The smallest absolute Gasteiger partial charge is 0.323 e. The standard InChI is InChI=1S/C23H28ClNO4.CH5N5/c1-5-19(22(28)29-23(2,3)4)25-20(21(26)27)13-15-9-11-16(12-10-15)17-7-6-8-18(24)14-17;2-1-3-5-6-4-1/h6-12,14,19-20,25H,5,13H2,1-4H3,(H,26,27);5-6H,(H3,2,3,4)/t19-,20-;/m0./s1. The van der Waals surface area contributed by atoms with Gasteiger partial charge in [0.15, 0.2) is 0 Å². The van der Waals surface area contributed by atoms with Gasteiger partial charge in [-0.15, -0.1) is 10.6 Å². The fourth-order valence-electron chi connectivity index (χ4n) is 3.13. The molecule has 7 N–H and O–H groups in total. The highest BCUT2D eigenvalue weighted by Crippen LogP contribution is 2.23. The molecule has 0 radical (unpaired) electrons. The Hall–Kier alpha value is -3.34. The van der Waals surface area contributed by atoms with Crippen LogP contribution in [0.5, 0.6) is 0 Å². The molecule has 2 aromatic carbocycles. The van der Waals surface area contributed by atoms with Crippen molar-refractivity contribution in [1.29, 1.82) is 0 Å². The molecule has 1 aliphatic rings. The zero-order valence-corrected chi connectivity index (χ0v) is 21.0. The molecule has 0 aromatic heterocycles. The van der Waals surface area contributed by atoms with Crippen LogP contribution in [0, 0.1) is 0 Å². The largest absolute Gasteiger partial charge is 0.480 e. The lowest BCUT2D eigenvalue weighted by Crippen LogP contribution is -2.49. The molecule has 0 saturated heterocycles. The van der Waals surface area contributed by atoms with Gasteiger partial charge in [0.05, 0.1) is 0 Å². The molecule has 2 atom stereocenters. The van der Waals surface area contributed by atoms with Crippen molar-refractivity contribution in [3.8, 4) is 11.1 Å². The van der Waals surface area contributed by atoms with E-state index in [0.29, 0.717) is 17.4 Å². The summed E-state index contributed by atoms with van der Waals surface area (Å²) in [6, 6.07) is 13.6. The number of nitrogens with two attached hydrogens (primary N) is 1. The van der Waals surface area contributed by atoms with Gasteiger partial charge >= 0.3 is 11.9 Å². The molecule has 0 fully saturated rings. The molecule has 35 heavy (non-hydrogen) atoms. The number of carboxylic acid groups (broad SMARTS) is 1. The number of carbonyl (C=O) groups is 2. The maximum absolute atomic E-state index is 12.3. The van der Waals surface area contributed by atoms with Gasteiger partial charge in [-0.1, -0.05) is 54.9 Å². The molecule has 1 aliphatic heterocycles. The highest BCUT2D eigenvalue weighted by Gasteiger charge is 2.28. The quantitative estimate of drug-likeness (QED) is 0.298. The Balaban J connectivity index is 0.000000625. The molecule has 0 saturated carbocycles. The Morgan fingerprint density at radius 1 is 1.14 bits per heavy atom. The number of hydrogen-bond acceptors (Lipinski definition) is 9. The van der Waals surface area contributed by atoms with E-state index in [2.05, 4.69) is 26.9 Å². The molecular weight excluding hydrogens is 472 g/mol. The minimum Gasteiger partial charge on any atom is -0.480 e. The molecule has 3 rings (SSSR count). The van der Waals surface area contributed by atoms with E-state index in [1.54, 1.807) is 20.8 Å². The number of halogens is 1. The van der Waals surface area contributed by atoms with Gasteiger partial charge in [0.25, 0.3) is 0 Å². The lowest BCUT2D eigenvalue weighted by Gasteiger charge is -2.26. The number of esters is 1. The number of benzene rings is 2. The van der Waals surface area contributed by atoms with Gasteiger partial charge in [-0.05, 0) is 62.4 Å². The number of carbonyl (C=O) groups excluding carboxylic acids is 1. The molecule has 11 heteroatoms. The van der Waals surface area contributed by atoms with Crippen LogP contribution in [-0.4, -0.2) is 40.7 Å². The van der Waals surface area contributed by atoms with Crippen molar-refractivity contribution < 1.29 is 19.4 Å². The number of hydrogen-bond donors (Lipinski definition) is 6. The minimum absolute atomic E-state index is 0.254. The number of guanidine groups is 1. The van der Waals surface area contributed by atoms with Crippen molar-refractivity contribution in [3.63, 3.8) is 0 Å². The van der Waals surface area contributed by atoms with E-state index in [-0.39, 0.29) is 6.42 Å². The second-order valence-electron chi connectivity index (χ2n) is 8.82. The number of nitrogens with zero attached hydrogens (tertiary/aromatic N) is 1. The number of hydrazine groups is 2. The van der Waals surface area contributed by atoms with Gasteiger partial charge in [0.2, 0.25) is 5.96 Å². The summed E-state index contributed by atoms with van der Waals surface area (Å²) < 4.78 is 5.39. The van der Waals surface area contributed by atoms with Gasteiger partial charge < -0.3 is 15.6 Å². The molecule has 0 unspecified atom stereocenters. The van der Waals surface area contributed by atoms with Crippen molar-refractivity contribution in [2.24, 2.45) is 10.8 Å². The van der Waals surface area contributed by atoms with Crippen molar-refractivity contribution in [2.75, 3.05) is 0 Å². The van der Waals surface area contributed by atoms with E-state index in [4.69, 9.17) is 22.1 Å². The Bertz CT molecular complexity index is 1020. The maximum atomic E-state index is 12.3. The minimum atomic E-state index is -1.01. The van der Waals surface area contributed by atoms with Crippen LogP contribution in [0.15, 0.2) is 53.6 Å². The third-order valence-electron chi connectivity index (χ3n) is 4.77. The average Bonchev–Trinajstić information content (AvgIpc) is 3.27. The molecule has 1 heterocycles. The second-order valence-corrected chi connectivity index (χ2v) is 9.26. The van der Waals surface area contributed by atoms with Crippen LogP contribution < -0.4 is 27.5 Å². The molecule has 0 spiro atoms. The molecule has 0 aliphatic carbocycles. The zero-order chi connectivity index (χ0) is 26.0. The van der Waals surface area contributed by atoms with Crippen LogP contribution in [0.2, 0.25) is 5.02 Å². The fraction of sp³-hybridized carbons (Fsp3) is 0.375. The summed E-state index contributed by atoms with van der Waals surface area (Å²) in [5, 5.41) is 16.7. The summed E-state index contributed by atoms with van der Waals surface area (Å²) in [6.07, 6.45) is 0.691. The summed E-state index contributed by atoms with van der Waals surface area (Å²) in [6.45, 7) is 7.18. The topological polar surface area (TPSA) is 150 Å². The van der Waals surface area contributed by atoms with Gasteiger partial charge in [-0.2, -0.15) is 0 Å². The van der Waals surface area contributed by atoms with Gasteiger partial charge in [0.1, 0.15) is 17.7 Å². The van der Waals surface area contributed by atoms with E-state index < -0.39 is 29.6 Å². The Morgan fingerprint density at radius 2 is 1.83 bits per heavy atom. The summed E-state index contributed by atoms with van der Waals surface area (Å²) in [4.78, 5) is 24.1. The van der Waals surface area contributed by atoms with Crippen LogP contribution in [0.1, 0.15) is 39.7 Å². The molecule has 190 valence electrons. The third-order valence-corrected chi connectivity index (χ3v) is 5.01. The van der Waals surface area contributed by atoms with Gasteiger partial charge in [-0.25, -0.2) is 5.53 Å². The zero-order valence-electron chi connectivity index (χ0n) is 20.3. The van der Waals surface area contributed by atoms with Crippen LogP contribution in [-0.2, 0) is 20.7 Å². The van der Waals surface area contributed by atoms with Crippen molar-refractivity contribution >= 4 is 29.5 Å². The van der Waals surface area contributed by atoms with E-state index in [9.17, 15) is 14.7 Å². The molecule has 0 amide bonds. The first kappa shape index (κ1) is 27.9. The molecule has 0 bridgehead atoms. The fourth-order valence-corrected chi connectivity index (χ4v) is 3.32. The summed E-state index contributed by atoms with van der Waals surface area (Å²) in [5.41, 5.74) is 14.6. The SMILES string of the molecule is CC[C@H](N[C@@H](Cc1ccc(-c2cccc(Cl)c2)cc1)C(=O)O)C(=O)OC(C)(C)C.NC1=NNNN1. The Labute approximate surface area is 210 Å². The summed E-state index contributed by atoms with van der Waals surface area (Å²) >= 11 is 6.05. The van der Waals surface area contributed by atoms with Crippen LogP contribution in [0.25, 0.3) is 11.1 Å². The predicted octanol–water partition coefficient (Wildman–Crippen LogP) is 2.54. The average molecular weight is 505 g/mol. The van der Waals surface area contributed by atoms with Gasteiger partial charge in [-0.3, -0.25) is 20.3 Å². The highest BCUT2D eigenvalue weighted by atomic mass is 35.5. The van der Waals surface area contributed by atoms with Gasteiger partial charge in [0, 0.05) is 5.02 Å². The first-order valence-corrected chi connectivity index (χ1v) is 11.5. The highest BCUT2D eigenvalue weighted by molar-refractivity contribution is 6.30. The molecule has 10 nitrogen and oxygen atoms in total. The van der Waals surface area contributed by atoms with Crippen molar-refractivity contribution in [2.45, 2.75) is 58.2 Å². The molecular formula is C24H33ClN6O4. The maximum Gasteiger partial charge on any atom is 0.323 e. The number of carboxylic acids is 1. The number of nitrogens with one attached hydrogen (secondary N) is 4. The Morgan fingerprint density at radius 3 is 2.29 bits per heavy atom. The van der Waals surface area contributed by atoms with Crippen molar-refractivity contribution in [3.05, 3.63) is 59.1 Å². The first-order valence-electron chi connectivity index (χ1n) is 11.1. The lowest BCUT2D eigenvalue weighted by atomic mass is 10.00. The van der Waals surface area contributed by atoms with E-state index in [1.165, 1.54) is 0 Å². The van der Waals surface area contributed by atoms with Crippen molar-refractivity contribution in [1.82, 2.24) is 21.8 Å². The predicted molar refractivity (Wildman–Crippen MR) is 136 cm³/mol. The number of ether oxygens (including phenoxy) is 1. The lowest BCUT2D eigenvalue weighted by molar-refractivity contribution is -0.158. The van der Waals surface area contributed by atoms with E-state index in [1.807, 2.05) is 55.5 Å². The first-order chi connectivity index (χ1) is 16.5. The number of rotatable bonds is 8. The summed E-state index contributed by atoms with van der Waals surface area (Å²) in [5.74, 6) is -1.09. The van der Waals surface area contributed by atoms with Crippen LogP contribution >= 0.6 is 11.6 Å². The molecule has 2 aromatic rings. The van der Waals surface area contributed by atoms with Crippen LogP contribution in [0.3, 0.4) is 0 Å². The number of aliphatic carboxylic acids is 1. The normalized spacial score (nSPS) is 14.4.